The van der Waals surface area contributed by atoms with Gasteiger partial charge in [-0.2, -0.15) is 5.26 Å². The van der Waals surface area contributed by atoms with Gasteiger partial charge in [0.15, 0.2) is 0 Å². The molecule has 0 fully saturated rings. The van der Waals surface area contributed by atoms with Crippen LogP contribution in [0.5, 0.6) is 5.75 Å². The topological polar surface area (TPSA) is 50.1 Å². The van der Waals surface area contributed by atoms with Crippen LogP contribution in [0, 0.1) is 17.1 Å². The molecule has 0 unspecified atom stereocenters. The number of benzene rings is 3. The van der Waals surface area contributed by atoms with Crippen LogP contribution in [0.4, 0.5) is 4.39 Å². The van der Waals surface area contributed by atoms with Crippen molar-refractivity contribution in [2.75, 3.05) is 0 Å². The van der Waals surface area contributed by atoms with Crippen molar-refractivity contribution in [2.45, 2.75) is 45.4 Å². The van der Waals surface area contributed by atoms with E-state index in [1.54, 1.807) is 12.1 Å². The summed E-state index contributed by atoms with van der Waals surface area (Å²) in [5.74, 6) is -0.960. The van der Waals surface area contributed by atoms with Crippen molar-refractivity contribution >= 4 is 5.97 Å². The summed E-state index contributed by atoms with van der Waals surface area (Å²) in [5.41, 5.74) is 5.45. The molecule has 31 heavy (non-hydrogen) atoms. The smallest absolute Gasteiger partial charge is 0.346 e. The van der Waals surface area contributed by atoms with Gasteiger partial charge in [0.05, 0.1) is 17.2 Å². The van der Waals surface area contributed by atoms with Gasteiger partial charge in [-0.25, -0.2) is 9.18 Å². The van der Waals surface area contributed by atoms with E-state index >= 15 is 4.39 Å². The van der Waals surface area contributed by atoms with Crippen LogP contribution < -0.4 is 4.74 Å². The van der Waals surface area contributed by atoms with E-state index in [1.807, 2.05) is 12.1 Å². The van der Waals surface area contributed by atoms with Crippen LogP contribution >= 0.6 is 0 Å². The van der Waals surface area contributed by atoms with Crippen molar-refractivity contribution in [2.24, 2.45) is 0 Å². The van der Waals surface area contributed by atoms with Crippen molar-refractivity contribution in [1.29, 1.82) is 5.26 Å². The Morgan fingerprint density at radius 3 is 2.55 bits per heavy atom. The predicted molar refractivity (Wildman–Crippen MR) is 119 cm³/mol. The highest BCUT2D eigenvalue weighted by molar-refractivity contribution is 5.93. The molecule has 0 bridgehead atoms. The van der Waals surface area contributed by atoms with Gasteiger partial charge in [0.2, 0.25) is 0 Å². The van der Waals surface area contributed by atoms with E-state index in [4.69, 9.17) is 10.00 Å². The van der Waals surface area contributed by atoms with Gasteiger partial charge < -0.3 is 4.74 Å². The van der Waals surface area contributed by atoms with Gasteiger partial charge in [-0.3, -0.25) is 0 Å². The third kappa shape index (κ3) is 4.36. The first-order valence-electron chi connectivity index (χ1n) is 10.8. The number of aryl methyl sites for hydroxylation is 2. The highest BCUT2D eigenvalue weighted by Crippen LogP contribution is 2.36. The number of rotatable bonds is 6. The van der Waals surface area contributed by atoms with Crippen LogP contribution in [0.1, 0.15) is 58.8 Å². The van der Waals surface area contributed by atoms with E-state index in [0.29, 0.717) is 17.5 Å². The van der Waals surface area contributed by atoms with Crippen LogP contribution in [0.3, 0.4) is 0 Å². The lowest BCUT2D eigenvalue weighted by Gasteiger charge is -2.22. The summed E-state index contributed by atoms with van der Waals surface area (Å²) in [6, 6.07) is 18.0. The second-order valence-electron chi connectivity index (χ2n) is 7.93. The lowest BCUT2D eigenvalue weighted by Crippen LogP contribution is -2.15. The van der Waals surface area contributed by atoms with Crippen molar-refractivity contribution in [1.82, 2.24) is 0 Å². The van der Waals surface area contributed by atoms with Gasteiger partial charge in [0, 0.05) is 0 Å². The number of fused-ring (bicyclic) bond motifs is 3. The van der Waals surface area contributed by atoms with Gasteiger partial charge in [0.1, 0.15) is 11.6 Å². The van der Waals surface area contributed by atoms with E-state index in [2.05, 4.69) is 25.1 Å². The zero-order valence-corrected chi connectivity index (χ0v) is 17.6. The molecule has 156 valence electrons. The number of esters is 1. The number of carbonyl (C=O) groups is 1. The van der Waals surface area contributed by atoms with E-state index < -0.39 is 11.8 Å². The zero-order chi connectivity index (χ0) is 21.8. The highest BCUT2D eigenvalue weighted by atomic mass is 19.1. The van der Waals surface area contributed by atoms with E-state index in [1.165, 1.54) is 48.6 Å². The summed E-state index contributed by atoms with van der Waals surface area (Å²) >= 11 is 0. The van der Waals surface area contributed by atoms with Crippen molar-refractivity contribution < 1.29 is 13.9 Å². The summed E-state index contributed by atoms with van der Waals surface area (Å²) in [7, 11) is 0. The Kier molecular flexibility index (Phi) is 6.13. The Morgan fingerprint density at radius 1 is 1.03 bits per heavy atom. The Labute approximate surface area is 182 Å². The number of nitriles is 1. The zero-order valence-electron chi connectivity index (χ0n) is 17.6. The fraction of sp³-hybridized carbons (Fsp3) is 0.259. The SMILES string of the molecule is CCCCCc1ccc2c(c1)CCc1c-2ccc(C(=O)Oc2ccc(C#N)cc2)c1F. The Bertz CT molecular complexity index is 1160. The third-order valence-electron chi connectivity index (χ3n) is 5.83. The maximum Gasteiger partial charge on any atom is 0.346 e. The summed E-state index contributed by atoms with van der Waals surface area (Å²) in [6.45, 7) is 2.20. The summed E-state index contributed by atoms with van der Waals surface area (Å²) in [6.07, 6.45) is 6.01. The summed E-state index contributed by atoms with van der Waals surface area (Å²) < 4.78 is 20.6. The van der Waals surface area contributed by atoms with E-state index in [9.17, 15) is 4.79 Å². The number of carbonyl (C=O) groups excluding carboxylic acids is 1. The first kappa shape index (κ1) is 20.8. The number of unbranched alkanes of at least 4 members (excludes halogenated alkanes) is 2. The van der Waals surface area contributed by atoms with Crippen LogP contribution in [0.25, 0.3) is 11.1 Å². The number of halogens is 1. The minimum absolute atomic E-state index is 0.0669. The minimum atomic E-state index is -0.734. The van der Waals surface area contributed by atoms with Crippen molar-refractivity contribution in [3.63, 3.8) is 0 Å². The van der Waals surface area contributed by atoms with Crippen LogP contribution in [0.2, 0.25) is 0 Å². The molecule has 0 spiro atoms. The van der Waals surface area contributed by atoms with Gasteiger partial charge >= 0.3 is 5.97 Å². The predicted octanol–water partition coefficient (Wildman–Crippen LogP) is 6.41. The highest BCUT2D eigenvalue weighted by Gasteiger charge is 2.24. The van der Waals surface area contributed by atoms with E-state index in [-0.39, 0.29) is 11.3 Å². The monoisotopic (exact) mass is 413 g/mol. The molecule has 0 atom stereocenters. The molecule has 1 aliphatic carbocycles. The molecule has 3 aromatic carbocycles. The lowest BCUT2D eigenvalue weighted by molar-refractivity contribution is 0.0729. The lowest BCUT2D eigenvalue weighted by atomic mass is 9.83. The number of hydrogen-bond donors (Lipinski definition) is 0. The Hall–Kier alpha value is -3.45. The first-order chi connectivity index (χ1) is 15.1. The third-order valence-corrected chi connectivity index (χ3v) is 5.83. The molecule has 0 heterocycles. The molecule has 0 saturated heterocycles. The molecule has 0 N–H and O–H groups in total. The summed E-state index contributed by atoms with van der Waals surface area (Å²) in [4.78, 5) is 12.6. The molecule has 0 aromatic heterocycles. The second kappa shape index (κ2) is 9.14. The van der Waals surface area contributed by atoms with Crippen molar-refractivity contribution in [3.8, 4) is 22.9 Å². The molecule has 0 aliphatic heterocycles. The summed E-state index contributed by atoms with van der Waals surface area (Å²) in [5, 5.41) is 8.86. The molecular formula is C27H24FNO2. The molecule has 3 aromatic rings. The average Bonchev–Trinajstić information content (AvgIpc) is 2.79. The van der Waals surface area contributed by atoms with Crippen LogP contribution in [0.15, 0.2) is 54.6 Å². The Morgan fingerprint density at radius 2 is 1.81 bits per heavy atom. The quantitative estimate of drug-likeness (QED) is 0.266. The second-order valence-corrected chi connectivity index (χ2v) is 7.93. The number of nitrogens with zero attached hydrogens (tertiary/aromatic N) is 1. The number of hydrogen-bond acceptors (Lipinski definition) is 3. The number of ether oxygens (including phenoxy) is 1. The molecule has 0 radical (unpaired) electrons. The maximum atomic E-state index is 15.3. The minimum Gasteiger partial charge on any atom is -0.423 e. The molecule has 4 rings (SSSR count). The molecule has 0 amide bonds. The largest absolute Gasteiger partial charge is 0.423 e. The molecule has 4 heteroatoms. The standard InChI is InChI=1S/C27H24FNO2/c1-2-3-4-5-18-8-12-22-20(16-18)9-13-24-23(22)14-15-25(26(24)28)27(30)31-21-10-6-19(17-29)7-11-21/h6-8,10-12,14-16H,2-5,9,13H2,1H3. The Balaban J connectivity index is 1.57. The van der Waals surface area contributed by atoms with E-state index in [0.717, 1.165) is 24.0 Å². The molecule has 0 saturated carbocycles. The van der Waals surface area contributed by atoms with Gasteiger partial charge in [0.25, 0.3) is 0 Å². The fourth-order valence-electron chi connectivity index (χ4n) is 4.15. The first-order valence-corrected chi connectivity index (χ1v) is 10.8. The van der Waals surface area contributed by atoms with Crippen LogP contribution in [-0.4, -0.2) is 5.97 Å². The van der Waals surface area contributed by atoms with Crippen molar-refractivity contribution in [3.05, 3.63) is 88.2 Å². The fourth-order valence-corrected chi connectivity index (χ4v) is 4.15. The van der Waals surface area contributed by atoms with Gasteiger partial charge in [-0.15, -0.1) is 0 Å². The average molecular weight is 413 g/mol. The van der Waals surface area contributed by atoms with Gasteiger partial charge in [-0.1, -0.05) is 44.0 Å². The molecule has 1 aliphatic rings. The normalized spacial score (nSPS) is 11.9. The molecular weight excluding hydrogens is 389 g/mol. The molecule has 3 nitrogen and oxygen atoms in total. The maximum absolute atomic E-state index is 15.3. The van der Waals surface area contributed by atoms with Gasteiger partial charge in [-0.05, 0) is 83.8 Å². The van der Waals surface area contributed by atoms with Crippen LogP contribution in [-0.2, 0) is 19.3 Å².